The van der Waals surface area contributed by atoms with Gasteiger partial charge in [0.25, 0.3) is 5.91 Å². The minimum absolute atomic E-state index is 0.0781. The number of nitriles is 1. The van der Waals surface area contributed by atoms with Crippen molar-refractivity contribution < 1.29 is 32.3 Å². The lowest BCUT2D eigenvalue weighted by Gasteiger charge is -2.45. The normalized spacial score (nSPS) is 19.6. The van der Waals surface area contributed by atoms with E-state index in [1.807, 2.05) is 12.1 Å². The van der Waals surface area contributed by atoms with Crippen LogP contribution in [0, 0.1) is 11.3 Å². The highest BCUT2D eigenvalue weighted by Crippen LogP contribution is 2.41. The van der Waals surface area contributed by atoms with Crippen LogP contribution in [0.4, 0.5) is 0 Å². The zero-order valence-electron chi connectivity index (χ0n) is 18.6. The molecular weight excluding hydrogens is 472 g/mol. The summed E-state index contributed by atoms with van der Waals surface area (Å²) in [5.74, 6) is -3.07. The van der Waals surface area contributed by atoms with Gasteiger partial charge in [0, 0.05) is 18.6 Å². The second-order valence-corrected chi connectivity index (χ2v) is 9.96. The van der Waals surface area contributed by atoms with Gasteiger partial charge in [0.05, 0.1) is 17.4 Å². The predicted octanol–water partition coefficient (Wildman–Crippen LogP) is 2.18. The van der Waals surface area contributed by atoms with E-state index in [0.717, 1.165) is 17.9 Å². The van der Waals surface area contributed by atoms with Gasteiger partial charge >= 0.3 is 11.9 Å². The van der Waals surface area contributed by atoms with Crippen LogP contribution in [0.2, 0.25) is 0 Å². The van der Waals surface area contributed by atoms with Crippen molar-refractivity contribution in [3.8, 4) is 6.07 Å². The maximum atomic E-state index is 13.5. The summed E-state index contributed by atoms with van der Waals surface area (Å²) in [4.78, 5) is 38.5. The molecule has 1 amide bonds. The van der Waals surface area contributed by atoms with Crippen molar-refractivity contribution in [2.45, 2.75) is 18.4 Å². The first-order chi connectivity index (χ1) is 16.7. The van der Waals surface area contributed by atoms with E-state index in [4.69, 9.17) is 14.7 Å². The van der Waals surface area contributed by atoms with Crippen molar-refractivity contribution in [3.05, 3.63) is 94.7 Å². The quantitative estimate of drug-likeness (QED) is 0.260. The molecule has 1 fully saturated rings. The number of hydrogen-bond acceptors (Lipinski definition) is 8. The zero-order chi connectivity index (χ0) is 25.2. The first-order valence-electron chi connectivity index (χ1n) is 10.6. The lowest BCUT2D eigenvalue weighted by molar-refractivity contribution is -0.149. The number of β-lactam (4-membered cyclic amide) rings is 1. The molecule has 0 aliphatic carbocycles. The molecule has 2 aliphatic heterocycles. The fourth-order valence-electron chi connectivity index (χ4n) is 4.05. The third-order valence-corrected chi connectivity index (χ3v) is 7.45. The highest BCUT2D eigenvalue weighted by atomic mass is 32.2. The van der Waals surface area contributed by atoms with Crippen molar-refractivity contribution in [2.24, 2.45) is 0 Å². The summed E-state index contributed by atoms with van der Waals surface area (Å²) in [6.07, 6.45) is 0.00695. The van der Waals surface area contributed by atoms with Gasteiger partial charge in [-0.2, -0.15) is 5.26 Å². The predicted molar refractivity (Wildman–Crippen MR) is 123 cm³/mol. The minimum Gasteiger partial charge on any atom is -0.461 e. The maximum absolute atomic E-state index is 13.5. The third-order valence-electron chi connectivity index (χ3n) is 5.55. The Bertz CT molecular complexity index is 1350. The van der Waals surface area contributed by atoms with Crippen molar-refractivity contribution in [1.82, 2.24) is 4.90 Å². The monoisotopic (exact) mass is 492 g/mol. The van der Waals surface area contributed by atoms with Crippen LogP contribution in [0.15, 0.2) is 83.6 Å². The van der Waals surface area contributed by atoms with Crippen LogP contribution >= 0.6 is 0 Å². The fourth-order valence-corrected chi connectivity index (χ4v) is 5.99. The van der Waals surface area contributed by atoms with Crippen LogP contribution in [-0.4, -0.2) is 48.9 Å². The summed E-state index contributed by atoms with van der Waals surface area (Å²) in [6.45, 7) is 0.635. The van der Waals surface area contributed by atoms with Crippen molar-refractivity contribution in [2.75, 3.05) is 12.4 Å². The SMILES string of the molecule is CC(=O)OCC1=C(C(=O)OC(c2ccccc2)c2ccccc2)N2C(=O)/C(=C/C#N)[C@H]2S(=O)(=O)C1. The molecule has 178 valence electrons. The summed E-state index contributed by atoms with van der Waals surface area (Å²) in [5.41, 5.74) is 0.712. The number of hydrogen-bond donors (Lipinski definition) is 0. The molecule has 2 heterocycles. The molecule has 0 spiro atoms. The molecule has 0 unspecified atom stereocenters. The molecule has 4 rings (SSSR count). The number of amides is 1. The van der Waals surface area contributed by atoms with E-state index in [2.05, 4.69) is 0 Å². The number of ether oxygens (including phenoxy) is 2. The number of sulfone groups is 1. The van der Waals surface area contributed by atoms with E-state index >= 15 is 0 Å². The van der Waals surface area contributed by atoms with Gasteiger partial charge in [-0.05, 0) is 11.1 Å². The highest BCUT2D eigenvalue weighted by molar-refractivity contribution is 7.92. The van der Waals surface area contributed by atoms with E-state index in [-0.39, 0.29) is 16.8 Å². The zero-order valence-corrected chi connectivity index (χ0v) is 19.4. The molecule has 1 saturated heterocycles. The van der Waals surface area contributed by atoms with E-state index in [1.165, 1.54) is 0 Å². The number of esters is 2. The molecule has 0 aromatic heterocycles. The van der Waals surface area contributed by atoms with Crippen LogP contribution in [0.3, 0.4) is 0 Å². The molecule has 2 aromatic carbocycles. The second-order valence-electron chi connectivity index (χ2n) is 7.90. The Labute approximate surface area is 201 Å². The Morgan fingerprint density at radius 1 is 1.11 bits per heavy atom. The lowest BCUT2D eigenvalue weighted by Crippen LogP contribution is -2.62. The second kappa shape index (κ2) is 9.56. The summed E-state index contributed by atoms with van der Waals surface area (Å²) in [6, 6.07) is 19.5. The van der Waals surface area contributed by atoms with Gasteiger partial charge in [0.1, 0.15) is 12.3 Å². The molecule has 9 nitrogen and oxygen atoms in total. The summed E-state index contributed by atoms with van der Waals surface area (Å²) >= 11 is 0. The summed E-state index contributed by atoms with van der Waals surface area (Å²) in [5, 5.41) is 7.49. The van der Waals surface area contributed by atoms with Crippen LogP contribution in [0.5, 0.6) is 0 Å². The number of nitrogens with zero attached hydrogens (tertiary/aromatic N) is 2. The number of allylic oxidation sites excluding steroid dienone is 1. The number of rotatable bonds is 6. The van der Waals surface area contributed by atoms with Crippen LogP contribution < -0.4 is 0 Å². The van der Waals surface area contributed by atoms with Crippen molar-refractivity contribution in [1.29, 1.82) is 5.26 Å². The molecule has 0 N–H and O–H groups in total. The highest BCUT2D eigenvalue weighted by Gasteiger charge is 2.57. The van der Waals surface area contributed by atoms with Crippen LogP contribution in [0.1, 0.15) is 24.2 Å². The molecule has 1 atom stereocenters. The van der Waals surface area contributed by atoms with Crippen molar-refractivity contribution in [3.63, 3.8) is 0 Å². The first-order valence-corrected chi connectivity index (χ1v) is 12.3. The minimum atomic E-state index is -4.00. The number of fused-ring (bicyclic) bond motifs is 1. The molecule has 2 aliphatic rings. The van der Waals surface area contributed by atoms with Gasteiger partial charge in [0.2, 0.25) is 0 Å². The van der Waals surface area contributed by atoms with Gasteiger partial charge in [-0.25, -0.2) is 13.2 Å². The van der Waals surface area contributed by atoms with E-state index in [0.29, 0.717) is 11.1 Å². The van der Waals surface area contributed by atoms with Gasteiger partial charge in [-0.15, -0.1) is 0 Å². The number of benzene rings is 2. The standard InChI is InChI=1S/C25H20N2O7S/c1-16(28)33-14-19-15-35(31,32)24-20(12-13-26)23(29)27(24)21(19)25(30)34-22(17-8-4-2-5-9-17)18-10-6-3-7-11-18/h2-12,22,24H,14-15H2,1H3/b20-12-/t24-/m1/s1. The molecule has 0 saturated carbocycles. The van der Waals surface area contributed by atoms with E-state index in [1.54, 1.807) is 54.6 Å². The van der Waals surface area contributed by atoms with Crippen molar-refractivity contribution >= 4 is 27.7 Å². The Balaban J connectivity index is 1.78. The van der Waals surface area contributed by atoms with E-state index in [9.17, 15) is 22.8 Å². The molecule has 2 aromatic rings. The number of carbonyl (C=O) groups excluding carboxylic acids is 3. The number of carbonyl (C=O) groups is 3. The molecule has 10 heteroatoms. The van der Waals surface area contributed by atoms with Crippen LogP contribution in [-0.2, 0) is 33.7 Å². The Morgan fingerprint density at radius 3 is 2.20 bits per heavy atom. The topological polar surface area (TPSA) is 131 Å². The molecule has 0 bridgehead atoms. The van der Waals surface area contributed by atoms with E-state index < -0.39 is 51.5 Å². The Kier molecular flexibility index (Phi) is 6.53. The largest absolute Gasteiger partial charge is 0.461 e. The summed E-state index contributed by atoms with van der Waals surface area (Å²) in [7, 11) is -4.00. The molecule has 0 radical (unpaired) electrons. The van der Waals surface area contributed by atoms with Gasteiger partial charge in [-0.3, -0.25) is 14.5 Å². The first kappa shape index (κ1) is 23.9. The Morgan fingerprint density at radius 2 is 1.69 bits per heavy atom. The lowest BCUT2D eigenvalue weighted by atomic mass is 10.0. The van der Waals surface area contributed by atoms with Crippen LogP contribution in [0.25, 0.3) is 0 Å². The van der Waals surface area contributed by atoms with Gasteiger partial charge < -0.3 is 9.47 Å². The molecular formula is C25H20N2O7S. The molecule has 35 heavy (non-hydrogen) atoms. The smallest absolute Gasteiger partial charge is 0.356 e. The summed E-state index contributed by atoms with van der Waals surface area (Å²) < 4.78 is 36.6. The van der Waals surface area contributed by atoms with Gasteiger partial charge in [-0.1, -0.05) is 60.7 Å². The average molecular weight is 493 g/mol. The maximum Gasteiger partial charge on any atom is 0.356 e. The third kappa shape index (κ3) is 4.58. The van der Waals surface area contributed by atoms with Gasteiger partial charge in [0.15, 0.2) is 21.3 Å². The average Bonchev–Trinajstić information content (AvgIpc) is 2.84. The fraction of sp³-hybridized carbons (Fsp3) is 0.200. The Hall–Kier alpha value is -4.23.